The van der Waals surface area contributed by atoms with Gasteiger partial charge in [0.2, 0.25) is 0 Å². The van der Waals surface area contributed by atoms with E-state index in [1.165, 1.54) is 0 Å². The van der Waals surface area contributed by atoms with Crippen LogP contribution in [0.4, 0.5) is 26.3 Å². The van der Waals surface area contributed by atoms with Crippen LogP contribution in [0.3, 0.4) is 0 Å². The Bertz CT molecular complexity index is 535. The highest BCUT2D eigenvalue weighted by Gasteiger charge is 2.40. The van der Waals surface area contributed by atoms with Gasteiger partial charge in [0, 0.05) is 0 Å². The Morgan fingerprint density at radius 3 is 2.05 bits per heavy atom. The highest BCUT2D eigenvalue weighted by atomic mass is 19.4. The maximum atomic E-state index is 13.0. The lowest BCUT2D eigenvalue weighted by molar-refractivity contribution is -0.142. The van der Waals surface area contributed by atoms with Gasteiger partial charge in [-0.2, -0.15) is 26.3 Å². The second kappa shape index (κ2) is 5.73. The van der Waals surface area contributed by atoms with Crippen LogP contribution in [-0.4, -0.2) is 11.2 Å². The van der Waals surface area contributed by atoms with Gasteiger partial charge < -0.3 is 10.8 Å². The maximum absolute atomic E-state index is 13.0. The summed E-state index contributed by atoms with van der Waals surface area (Å²) in [5, 5.41) is 10.0. The van der Waals surface area contributed by atoms with Crippen molar-refractivity contribution in [1.29, 1.82) is 0 Å². The van der Waals surface area contributed by atoms with E-state index in [1.54, 1.807) is 0 Å². The second-order valence-corrected chi connectivity index (χ2v) is 5.50. The molecule has 3 N–H and O–H groups in total. The number of hydrogen-bond acceptors (Lipinski definition) is 2. The molecule has 0 bridgehead atoms. The first-order valence-corrected chi connectivity index (χ1v) is 6.74. The van der Waals surface area contributed by atoms with Crippen molar-refractivity contribution in [3.8, 4) is 0 Å². The van der Waals surface area contributed by atoms with Crippen LogP contribution in [0.15, 0.2) is 18.2 Å². The third-order valence-corrected chi connectivity index (χ3v) is 4.04. The van der Waals surface area contributed by atoms with Gasteiger partial charge >= 0.3 is 12.4 Å². The zero-order valence-electron chi connectivity index (χ0n) is 11.4. The molecule has 8 heteroatoms. The van der Waals surface area contributed by atoms with Crippen LogP contribution in [-0.2, 0) is 12.4 Å². The molecule has 1 aromatic rings. The Hall–Kier alpha value is -1.28. The fraction of sp³-hybridized carbons (Fsp3) is 0.571. The molecule has 1 fully saturated rings. The van der Waals surface area contributed by atoms with Gasteiger partial charge in [0.15, 0.2) is 0 Å². The number of nitrogens with two attached hydrogens (primary N) is 1. The summed E-state index contributed by atoms with van der Waals surface area (Å²) < 4.78 is 77.1. The first-order valence-electron chi connectivity index (χ1n) is 6.74. The van der Waals surface area contributed by atoms with Crippen molar-refractivity contribution in [3.63, 3.8) is 0 Å². The zero-order chi connectivity index (χ0) is 16.7. The van der Waals surface area contributed by atoms with E-state index < -0.39 is 41.2 Å². The van der Waals surface area contributed by atoms with Gasteiger partial charge in [-0.05, 0) is 42.5 Å². The van der Waals surface area contributed by atoms with Crippen LogP contribution < -0.4 is 5.73 Å². The summed E-state index contributed by atoms with van der Waals surface area (Å²) in [5.41, 5.74) is 2.46. The summed E-state index contributed by atoms with van der Waals surface area (Å²) >= 11 is 0. The molecule has 1 aliphatic rings. The molecule has 0 saturated heterocycles. The van der Waals surface area contributed by atoms with E-state index >= 15 is 0 Å². The molecule has 1 aliphatic carbocycles. The standard InChI is InChI=1S/C14H15F6NO/c15-13(16,17)8-4-5-10(14(18,19)20)9(6-8)11(21)12(22)7-2-1-3-7/h4-7,11-12,22H,1-3,21H2/t11-,12+/m1/s1. The first-order chi connectivity index (χ1) is 10.0. The SMILES string of the molecule is N[C@H](c1cc(C(F)(F)F)ccc1C(F)(F)F)[C@@H](O)C1CCC1. The number of hydrogen-bond donors (Lipinski definition) is 2. The fourth-order valence-corrected chi connectivity index (χ4v) is 2.53. The molecule has 0 heterocycles. The number of aliphatic hydroxyl groups is 1. The van der Waals surface area contributed by atoms with Crippen molar-refractivity contribution in [3.05, 3.63) is 34.9 Å². The van der Waals surface area contributed by atoms with Crippen LogP contribution in [0.25, 0.3) is 0 Å². The molecule has 0 unspecified atom stereocenters. The molecule has 0 amide bonds. The fourth-order valence-electron chi connectivity index (χ4n) is 2.53. The molecule has 0 aliphatic heterocycles. The Balaban J connectivity index is 2.44. The molecule has 2 rings (SSSR count). The first kappa shape index (κ1) is 17.1. The van der Waals surface area contributed by atoms with Crippen molar-refractivity contribution in [1.82, 2.24) is 0 Å². The van der Waals surface area contributed by atoms with E-state index in [1.807, 2.05) is 0 Å². The van der Waals surface area contributed by atoms with Crippen molar-refractivity contribution < 1.29 is 31.4 Å². The topological polar surface area (TPSA) is 46.2 Å². The minimum Gasteiger partial charge on any atom is -0.391 e. The molecule has 0 spiro atoms. The van der Waals surface area contributed by atoms with Gasteiger partial charge in [-0.3, -0.25) is 0 Å². The smallest absolute Gasteiger partial charge is 0.391 e. The maximum Gasteiger partial charge on any atom is 0.416 e. The van der Waals surface area contributed by atoms with Gasteiger partial charge in [-0.25, -0.2) is 0 Å². The highest BCUT2D eigenvalue weighted by molar-refractivity contribution is 5.38. The Morgan fingerprint density at radius 1 is 1.05 bits per heavy atom. The average molecular weight is 327 g/mol. The molecule has 2 atom stereocenters. The predicted octanol–water partition coefficient (Wildman–Crippen LogP) is 3.89. The van der Waals surface area contributed by atoms with Crippen molar-refractivity contribution >= 4 is 0 Å². The van der Waals surface area contributed by atoms with Crippen LogP contribution in [0.2, 0.25) is 0 Å². The number of aliphatic hydroxyl groups excluding tert-OH is 1. The minimum absolute atomic E-state index is 0.273. The van der Waals surface area contributed by atoms with Crippen molar-refractivity contribution in [2.45, 2.75) is 43.8 Å². The molecule has 124 valence electrons. The molecule has 1 aromatic carbocycles. The summed E-state index contributed by atoms with van der Waals surface area (Å²) in [5.74, 6) is -0.273. The Morgan fingerprint density at radius 2 is 1.64 bits per heavy atom. The van der Waals surface area contributed by atoms with Gasteiger partial charge in [-0.15, -0.1) is 0 Å². The monoisotopic (exact) mass is 327 g/mol. The summed E-state index contributed by atoms with van der Waals surface area (Å²) in [4.78, 5) is 0. The second-order valence-electron chi connectivity index (χ2n) is 5.50. The summed E-state index contributed by atoms with van der Waals surface area (Å²) in [6.45, 7) is 0. The highest BCUT2D eigenvalue weighted by Crippen LogP contribution is 2.41. The van der Waals surface area contributed by atoms with E-state index in [0.29, 0.717) is 31.0 Å². The van der Waals surface area contributed by atoms with Crippen molar-refractivity contribution in [2.24, 2.45) is 11.7 Å². The molecule has 2 nitrogen and oxygen atoms in total. The van der Waals surface area contributed by atoms with E-state index in [0.717, 1.165) is 6.42 Å². The lowest BCUT2D eigenvalue weighted by Gasteiger charge is -2.34. The average Bonchev–Trinajstić information content (AvgIpc) is 2.32. The lowest BCUT2D eigenvalue weighted by atomic mass is 9.77. The lowest BCUT2D eigenvalue weighted by Crippen LogP contribution is -2.37. The van der Waals surface area contributed by atoms with Crippen LogP contribution in [0.5, 0.6) is 0 Å². The van der Waals surface area contributed by atoms with Gasteiger partial charge in [0.1, 0.15) is 0 Å². The molecule has 1 saturated carbocycles. The number of alkyl halides is 6. The Kier molecular flexibility index (Phi) is 4.45. The number of benzene rings is 1. The van der Waals surface area contributed by atoms with Gasteiger partial charge in [0.05, 0.1) is 23.3 Å². The van der Waals surface area contributed by atoms with E-state index in [4.69, 9.17) is 5.73 Å². The molecule has 22 heavy (non-hydrogen) atoms. The van der Waals surface area contributed by atoms with Gasteiger partial charge in [-0.1, -0.05) is 6.42 Å². The molecule has 0 aromatic heterocycles. The Labute approximate surface area is 122 Å². The van der Waals surface area contributed by atoms with E-state index in [2.05, 4.69) is 0 Å². The van der Waals surface area contributed by atoms with Crippen LogP contribution in [0.1, 0.15) is 42.0 Å². The summed E-state index contributed by atoms with van der Waals surface area (Å²) in [6.07, 6.45) is -8.87. The van der Waals surface area contributed by atoms with Crippen LogP contribution in [0, 0.1) is 5.92 Å². The quantitative estimate of drug-likeness (QED) is 0.828. The number of rotatable bonds is 3. The van der Waals surface area contributed by atoms with Crippen molar-refractivity contribution in [2.75, 3.05) is 0 Å². The summed E-state index contributed by atoms with van der Waals surface area (Å²) in [6, 6.07) is -0.389. The molecular formula is C14H15F6NO. The van der Waals surface area contributed by atoms with E-state index in [9.17, 15) is 31.4 Å². The largest absolute Gasteiger partial charge is 0.416 e. The van der Waals surface area contributed by atoms with Gasteiger partial charge in [0.25, 0.3) is 0 Å². The van der Waals surface area contributed by atoms with Crippen LogP contribution >= 0.6 is 0 Å². The van der Waals surface area contributed by atoms with E-state index in [-0.39, 0.29) is 5.92 Å². The normalized spacial score (nSPS) is 19.6. The minimum atomic E-state index is -4.84. The third-order valence-electron chi connectivity index (χ3n) is 4.04. The predicted molar refractivity (Wildman–Crippen MR) is 66.7 cm³/mol. The third kappa shape index (κ3) is 3.38. The molecule has 0 radical (unpaired) electrons. The zero-order valence-corrected chi connectivity index (χ0v) is 11.4. The summed E-state index contributed by atoms with van der Waals surface area (Å²) in [7, 11) is 0. The number of halogens is 6. The molecular weight excluding hydrogens is 312 g/mol.